The number of piperidine rings is 1. The van der Waals surface area contributed by atoms with E-state index >= 15 is 0 Å². The zero-order valence-electron chi connectivity index (χ0n) is 13.6. The maximum atomic E-state index is 11.9. The predicted octanol–water partition coefficient (Wildman–Crippen LogP) is 2.45. The summed E-state index contributed by atoms with van der Waals surface area (Å²) in [5.74, 6) is 1.47. The second kappa shape index (κ2) is 6.48. The molecule has 0 aliphatic carbocycles. The van der Waals surface area contributed by atoms with Crippen LogP contribution in [0.4, 0.5) is 5.69 Å². The van der Waals surface area contributed by atoms with E-state index in [-0.39, 0.29) is 5.91 Å². The minimum Gasteiger partial charge on any atom is -0.398 e. The first-order valence-electron chi connectivity index (χ1n) is 7.69. The maximum Gasteiger partial charge on any atom is 0.253 e. The van der Waals surface area contributed by atoms with Gasteiger partial charge in [-0.15, -0.1) is 0 Å². The Labute approximate surface area is 127 Å². The van der Waals surface area contributed by atoms with Gasteiger partial charge in [0.2, 0.25) is 0 Å². The minimum absolute atomic E-state index is 0.00605. The molecule has 1 heterocycles. The number of nitrogen functional groups attached to an aromatic ring is 1. The number of hydrogen-bond acceptors (Lipinski definition) is 3. The van der Waals surface area contributed by atoms with Gasteiger partial charge in [0.1, 0.15) is 0 Å². The average Bonchev–Trinajstić information content (AvgIpc) is 2.39. The lowest BCUT2D eigenvalue weighted by Gasteiger charge is -2.35. The van der Waals surface area contributed by atoms with Gasteiger partial charge in [0.05, 0.1) is 0 Å². The summed E-state index contributed by atoms with van der Waals surface area (Å²) < 4.78 is 0. The van der Waals surface area contributed by atoms with Gasteiger partial charge in [-0.2, -0.15) is 0 Å². The monoisotopic (exact) mass is 289 g/mol. The highest BCUT2D eigenvalue weighted by molar-refractivity contribution is 5.94. The largest absolute Gasteiger partial charge is 0.398 e. The molecule has 2 unspecified atom stereocenters. The number of amides is 1. The van der Waals surface area contributed by atoms with E-state index in [0.717, 1.165) is 37.0 Å². The van der Waals surface area contributed by atoms with Crippen LogP contribution in [0, 0.1) is 11.8 Å². The van der Waals surface area contributed by atoms with Gasteiger partial charge in [-0.05, 0) is 36.0 Å². The Hall–Kier alpha value is -1.55. The smallest absolute Gasteiger partial charge is 0.253 e. The summed E-state index contributed by atoms with van der Waals surface area (Å²) in [5.41, 5.74) is 8.64. The molecule has 2 N–H and O–H groups in total. The first-order valence-corrected chi connectivity index (χ1v) is 7.69. The number of rotatable bonds is 3. The van der Waals surface area contributed by atoms with Gasteiger partial charge < -0.3 is 10.6 Å². The van der Waals surface area contributed by atoms with Crippen molar-refractivity contribution in [1.29, 1.82) is 0 Å². The molecular weight excluding hydrogens is 262 g/mol. The van der Waals surface area contributed by atoms with E-state index < -0.39 is 0 Å². The Bertz CT molecular complexity index is 503. The van der Waals surface area contributed by atoms with Gasteiger partial charge in [-0.25, -0.2) is 0 Å². The molecule has 0 spiro atoms. The molecule has 0 saturated carbocycles. The van der Waals surface area contributed by atoms with Crippen molar-refractivity contribution in [2.45, 2.75) is 26.8 Å². The van der Waals surface area contributed by atoms with Gasteiger partial charge in [0.25, 0.3) is 5.91 Å². The molecule has 1 amide bonds. The fourth-order valence-electron chi connectivity index (χ4n) is 3.29. The molecule has 1 saturated heterocycles. The summed E-state index contributed by atoms with van der Waals surface area (Å²) in [5, 5.41) is 0. The molecule has 4 heteroatoms. The lowest BCUT2D eigenvalue weighted by Crippen LogP contribution is -2.38. The standard InChI is InChI=1S/C17H27N3O/c1-12-7-13(2)10-20(9-12)11-15-6-5-14(8-16(15)18)17(21)19(3)4/h5-6,8,12-13H,7,9-11,18H2,1-4H3. The second-order valence-electron chi connectivity index (χ2n) is 6.75. The number of carbonyl (C=O) groups is 1. The van der Waals surface area contributed by atoms with Crippen molar-refractivity contribution in [3.8, 4) is 0 Å². The Balaban J connectivity index is 2.09. The van der Waals surface area contributed by atoms with Gasteiger partial charge in [0.15, 0.2) is 0 Å². The third-order valence-corrected chi connectivity index (χ3v) is 4.14. The number of likely N-dealkylation sites (tertiary alicyclic amines) is 1. The van der Waals surface area contributed by atoms with E-state index in [4.69, 9.17) is 5.73 Å². The van der Waals surface area contributed by atoms with Crippen molar-refractivity contribution < 1.29 is 4.79 Å². The summed E-state index contributed by atoms with van der Waals surface area (Å²) in [4.78, 5) is 16.0. The highest BCUT2D eigenvalue weighted by Crippen LogP contribution is 2.24. The fraction of sp³-hybridized carbons (Fsp3) is 0.588. The quantitative estimate of drug-likeness (QED) is 0.870. The van der Waals surface area contributed by atoms with Crippen molar-refractivity contribution in [3.63, 3.8) is 0 Å². The molecule has 21 heavy (non-hydrogen) atoms. The summed E-state index contributed by atoms with van der Waals surface area (Å²) in [7, 11) is 3.51. The molecule has 0 radical (unpaired) electrons. The van der Waals surface area contributed by atoms with Crippen molar-refractivity contribution >= 4 is 11.6 Å². The summed E-state index contributed by atoms with van der Waals surface area (Å²) in [6.45, 7) is 7.75. The van der Waals surface area contributed by atoms with E-state index in [1.807, 2.05) is 12.1 Å². The predicted molar refractivity (Wildman–Crippen MR) is 87.1 cm³/mol. The van der Waals surface area contributed by atoms with E-state index in [1.54, 1.807) is 25.1 Å². The zero-order valence-corrected chi connectivity index (χ0v) is 13.6. The Morgan fingerprint density at radius 3 is 2.43 bits per heavy atom. The van der Waals surface area contributed by atoms with Crippen molar-refractivity contribution in [3.05, 3.63) is 29.3 Å². The third-order valence-electron chi connectivity index (χ3n) is 4.14. The zero-order chi connectivity index (χ0) is 15.6. The molecule has 116 valence electrons. The van der Waals surface area contributed by atoms with Gasteiger partial charge in [-0.3, -0.25) is 9.69 Å². The van der Waals surface area contributed by atoms with Crippen molar-refractivity contribution in [1.82, 2.24) is 9.80 Å². The van der Waals surface area contributed by atoms with E-state index in [1.165, 1.54) is 6.42 Å². The number of anilines is 1. The number of nitrogens with two attached hydrogens (primary N) is 1. The van der Waals surface area contributed by atoms with Crippen LogP contribution in [0.1, 0.15) is 36.2 Å². The van der Waals surface area contributed by atoms with Crippen LogP contribution >= 0.6 is 0 Å². The van der Waals surface area contributed by atoms with Crippen LogP contribution in [0.5, 0.6) is 0 Å². The van der Waals surface area contributed by atoms with Crippen LogP contribution in [0.25, 0.3) is 0 Å². The van der Waals surface area contributed by atoms with Gasteiger partial charge in [0, 0.05) is 45.0 Å². The molecule has 1 aromatic rings. The first-order chi connectivity index (χ1) is 9.86. The molecule has 1 aromatic carbocycles. The van der Waals surface area contributed by atoms with Gasteiger partial charge >= 0.3 is 0 Å². The average molecular weight is 289 g/mol. The summed E-state index contributed by atoms with van der Waals surface area (Å²) in [6.07, 6.45) is 1.31. The Kier molecular flexibility index (Phi) is 4.88. The Morgan fingerprint density at radius 2 is 1.90 bits per heavy atom. The number of hydrogen-bond donors (Lipinski definition) is 1. The van der Waals surface area contributed by atoms with Crippen LogP contribution in [0.3, 0.4) is 0 Å². The molecule has 1 aliphatic heterocycles. The van der Waals surface area contributed by atoms with Gasteiger partial charge in [-0.1, -0.05) is 19.9 Å². The van der Waals surface area contributed by atoms with Crippen molar-refractivity contribution in [2.24, 2.45) is 11.8 Å². The van der Waals surface area contributed by atoms with Crippen LogP contribution < -0.4 is 5.73 Å². The van der Waals surface area contributed by atoms with E-state index in [9.17, 15) is 4.79 Å². The summed E-state index contributed by atoms with van der Waals surface area (Å²) in [6, 6.07) is 5.68. The molecular formula is C17H27N3O. The fourth-order valence-corrected chi connectivity index (χ4v) is 3.29. The van der Waals surface area contributed by atoms with Crippen molar-refractivity contribution in [2.75, 3.05) is 32.9 Å². The van der Waals surface area contributed by atoms with Crippen LogP contribution in [0.15, 0.2) is 18.2 Å². The highest BCUT2D eigenvalue weighted by Gasteiger charge is 2.22. The normalized spacial score (nSPS) is 23.0. The first kappa shape index (κ1) is 15.8. The molecule has 0 aromatic heterocycles. The lowest BCUT2D eigenvalue weighted by atomic mass is 9.91. The molecule has 1 aliphatic rings. The van der Waals surface area contributed by atoms with Crippen LogP contribution in [-0.2, 0) is 6.54 Å². The molecule has 0 bridgehead atoms. The summed E-state index contributed by atoms with van der Waals surface area (Å²) >= 11 is 0. The second-order valence-corrected chi connectivity index (χ2v) is 6.75. The third kappa shape index (κ3) is 3.97. The highest BCUT2D eigenvalue weighted by atomic mass is 16.2. The minimum atomic E-state index is -0.00605. The topological polar surface area (TPSA) is 49.6 Å². The Morgan fingerprint density at radius 1 is 1.29 bits per heavy atom. The van der Waals surface area contributed by atoms with E-state index in [0.29, 0.717) is 11.3 Å². The van der Waals surface area contributed by atoms with E-state index in [2.05, 4.69) is 18.7 Å². The SMILES string of the molecule is CC1CC(C)CN(Cc2ccc(C(=O)N(C)C)cc2N)C1. The number of carbonyl (C=O) groups excluding carboxylic acids is 1. The molecule has 2 atom stereocenters. The molecule has 4 nitrogen and oxygen atoms in total. The molecule has 2 rings (SSSR count). The van der Waals surface area contributed by atoms with Crippen LogP contribution in [-0.4, -0.2) is 42.9 Å². The van der Waals surface area contributed by atoms with Crippen LogP contribution in [0.2, 0.25) is 0 Å². The maximum absolute atomic E-state index is 11.9. The number of benzene rings is 1. The number of nitrogens with zero attached hydrogens (tertiary/aromatic N) is 2. The molecule has 1 fully saturated rings. The lowest BCUT2D eigenvalue weighted by molar-refractivity contribution is 0.0827.